The lowest BCUT2D eigenvalue weighted by Gasteiger charge is -2.59. The summed E-state index contributed by atoms with van der Waals surface area (Å²) in [4.78, 5) is 25.4. The Morgan fingerprint density at radius 3 is 2.70 bits per heavy atom. The Balaban J connectivity index is 1.71. The summed E-state index contributed by atoms with van der Waals surface area (Å²) in [6, 6.07) is 0. The summed E-state index contributed by atoms with van der Waals surface area (Å²) < 4.78 is 0. The lowest BCUT2D eigenvalue weighted by molar-refractivity contribution is -0.154. The lowest BCUT2D eigenvalue weighted by Crippen LogP contribution is -2.56. The molecule has 0 amide bonds. The van der Waals surface area contributed by atoms with Gasteiger partial charge in [-0.1, -0.05) is 32.8 Å². The van der Waals surface area contributed by atoms with Gasteiger partial charge in [0.1, 0.15) is 5.78 Å². The summed E-state index contributed by atoms with van der Waals surface area (Å²) in [7, 11) is 0. The predicted molar refractivity (Wildman–Crippen MR) is 90.9 cm³/mol. The number of allylic oxidation sites excluding steroid dienone is 2. The second-order valence-electron chi connectivity index (χ2n) is 9.24. The summed E-state index contributed by atoms with van der Waals surface area (Å²) in [5.41, 5.74) is 1.01. The van der Waals surface area contributed by atoms with Crippen molar-refractivity contribution in [2.75, 3.05) is 0 Å². The summed E-state index contributed by atoms with van der Waals surface area (Å²) in [5, 5.41) is 0. The van der Waals surface area contributed by atoms with Crippen LogP contribution in [0.25, 0.3) is 0 Å². The highest BCUT2D eigenvalue weighted by Gasteiger charge is 2.61. The number of rotatable bonds is 1. The Bertz CT molecular complexity index is 589. The molecule has 3 saturated carbocycles. The first-order valence-corrected chi connectivity index (χ1v) is 9.62. The fourth-order valence-electron chi connectivity index (χ4n) is 7.23. The molecule has 3 unspecified atom stereocenters. The molecule has 2 nitrogen and oxygen atoms in total. The summed E-state index contributed by atoms with van der Waals surface area (Å²) in [6.07, 6.45) is 11.5. The third-order valence-corrected chi connectivity index (χ3v) is 8.23. The third kappa shape index (κ3) is 1.99. The third-order valence-electron chi connectivity index (χ3n) is 8.23. The highest BCUT2D eigenvalue weighted by Crippen LogP contribution is 2.65. The van der Waals surface area contributed by atoms with Crippen molar-refractivity contribution in [1.29, 1.82) is 0 Å². The van der Waals surface area contributed by atoms with Gasteiger partial charge in [0.15, 0.2) is 5.78 Å². The smallest absolute Gasteiger partial charge is 0.156 e. The van der Waals surface area contributed by atoms with Gasteiger partial charge in [-0.3, -0.25) is 9.59 Å². The number of ketones is 2. The van der Waals surface area contributed by atoms with Crippen molar-refractivity contribution in [2.45, 2.75) is 72.1 Å². The molecule has 0 aromatic rings. The van der Waals surface area contributed by atoms with Crippen molar-refractivity contribution >= 4 is 11.6 Å². The van der Waals surface area contributed by atoms with Gasteiger partial charge in [-0.25, -0.2) is 0 Å². The van der Waals surface area contributed by atoms with Gasteiger partial charge in [0.05, 0.1) is 0 Å². The SMILES string of the molecule is CC(=O)C1=CCC2[C@@H]3CCC4CCCC[C@]4(C)C3C(=O)C[C@]12C. The van der Waals surface area contributed by atoms with Gasteiger partial charge < -0.3 is 0 Å². The molecule has 126 valence electrons. The van der Waals surface area contributed by atoms with E-state index in [1.807, 2.05) is 0 Å². The molecular weight excluding hydrogens is 284 g/mol. The van der Waals surface area contributed by atoms with E-state index in [4.69, 9.17) is 0 Å². The number of carbonyl (C=O) groups is 2. The molecule has 4 rings (SSSR count). The van der Waals surface area contributed by atoms with Gasteiger partial charge in [-0.05, 0) is 67.8 Å². The molecule has 0 spiro atoms. The molecule has 4 aliphatic carbocycles. The molecule has 0 radical (unpaired) electrons. The van der Waals surface area contributed by atoms with E-state index in [2.05, 4.69) is 19.9 Å². The van der Waals surface area contributed by atoms with Crippen molar-refractivity contribution < 1.29 is 9.59 Å². The molecule has 0 bridgehead atoms. The van der Waals surface area contributed by atoms with Gasteiger partial charge in [-0.2, -0.15) is 0 Å². The summed E-state index contributed by atoms with van der Waals surface area (Å²) in [5.74, 6) is 2.69. The van der Waals surface area contributed by atoms with Gasteiger partial charge in [0.25, 0.3) is 0 Å². The fourth-order valence-corrected chi connectivity index (χ4v) is 7.23. The minimum Gasteiger partial charge on any atom is -0.299 e. The van der Waals surface area contributed by atoms with Crippen LogP contribution in [-0.2, 0) is 9.59 Å². The zero-order valence-corrected chi connectivity index (χ0v) is 14.9. The monoisotopic (exact) mass is 314 g/mol. The van der Waals surface area contributed by atoms with Crippen LogP contribution in [-0.4, -0.2) is 11.6 Å². The molecule has 6 atom stereocenters. The number of hydrogen-bond acceptors (Lipinski definition) is 2. The molecule has 0 aromatic heterocycles. The molecule has 4 aliphatic rings. The van der Waals surface area contributed by atoms with E-state index in [1.165, 1.54) is 38.5 Å². The topological polar surface area (TPSA) is 34.1 Å². The maximum atomic E-state index is 13.3. The van der Waals surface area contributed by atoms with Crippen LogP contribution in [0.3, 0.4) is 0 Å². The van der Waals surface area contributed by atoms with E-state index in [0.29, 0.717) is 24.0 Å². The van der Waals surface area contributed by atoms with E-state index in [1.54, 1.807) is 6.92 Å². The molecule has 0 N–H and O–H groups in total. The van der Waals surface area contributed by atoms with Gasteiger partial charge in [0.2, 0.25) is 0 Å². The molecule has 3 fully saturated rings. The first kappa shape index (κ1) is 15.6. The Hall–Kier alpha value is -0.920. The number of fused-ring (bicyclic) bond motifs is 5. The van der Waals surface area contributed by atoms with E-state index < -0.39 is 0 Å². The van der Waals surface area contributed by atoms with Crippen molar-refractivity contribution in [2.24, 2.45) is 34.5 Å². The van der Waals surface area contributed by atoms with E-state index in [-0.39, 0.29) is 22.5 Å². The zero-order chi connectivity index (χ0) is 16.4. The predicted octanol–water partition coefficient (Wildman–Crippen LogP) is 4.72. The molecular formula is C21H30O2. The molecule has 0 saturated heterocycles. The Labute approximate surface area is 140 Å². The van der Waals surface area contributed by atoms with Crippen molar-refractivity contribution in [1.82, 2.24) is 0 Å². The van der Waals surface area contributed by atoms with Crippen LogP contribution in [0.1, 0.15) is 72.1 Å². The fraction of sp³-hybridized carbons (Fsp3) is 0.810. The molecule has 23 heavy (non-hydrogen) atoms. The maximum absolute atomic E-state index is 13.3. The molecule has 2 heteroatoms. The number of carbonyl (C=O) groups excluding carboxylic acids is 2. The highest BCUT2D eigenvalue weighted by molar-refractivity contribution is 5.97. The van der Waals surface area contributed by atoms with E-state index >= 15 is 0 Å². The van der Waals surface area contributed by atoms with Crippen molar-refractivity contribution in [3.8, 4) is 0 Å². The van der Waals surface area contributed by atoms with Crippen LogP contribution in [0.2, 0.25) is 0 Å². The van der Waals surface area contributed by atoms with Gasteiger partial charge in [0, 0.05) is 17.8 Å². The van der Waals surface area contributed by atoms with Crippen molar-refractivity contribution in [3.05, 3.63) is 11.6 Å². The van der Waals surface area contributed by atoms with E-state index in [9.17, 15) is 9.59 Å². The van der Waals surface area contributed by atoms with Crippen LogP contribution < -0.4 is 0 Å². The minimum absolute atomic E-state index is 0.179. The van der Waals surface area contributed by atoms with Crippen molar-refractivity contribution in [3.63, 3.8) is 0 Å². The van der Waals surface area contributed by atoms with Crippen LogP contribution >= 0.6 is 0 Å². The summed E-state index contributed by atoms with van der Waals surface area (Å²) in [6.45, 7) is 6.29. The van der Waals surface area contributed by atoms with Crippen LogP contribution in [0.5, 0.6) is 0 Å². The summed E-state index contributed by atoms with van der Waals surface area (Å²) >= 11 is 0. The maximum Gasteiger partial charge on any atom is 0.156 e. The largest absolute Gasteiger partial charge is 0.299 e. The quantitative estimate of drug-likeness (QED) is 0.701. The minimum atomic E-state index is -0.179. The second kappa shape index (κ2) is 5.04. The lowest BCUT2D eigenvalue weighted by atomic mass is 9.44. The second-order valence-corrected chi connectivity index (χ2v) is 9.24. The highest BCUT2D eigenvalue weighted by atomic mass is 16.1. The molecule has 0 aromatic carbocycles. The first-order valence-electron chi connectivity index (χ1n) is 9.62. The Kier molecular flexibility index (Phi) is 3.42. The average Bonchev–Trinajstić information content (AvgIpc) is 2.82. The number of hydrogen-bond donors (Lipinski definition) is 0. The van der Waals surface area contributed by atoms with E-state index in [0.717, 1.165) is 17.9 Å². The standard InChI is InChI=1S/C21H30O2/c1-13(22)16-9-10-17-15-8-7-14-6-4-5-11-20(14,2)19(15)18(23)12-21(16,17)3/h9,14-15,17,19H,4-8,10-12H2,1-3H3/t14?,15-,17?,19?,20-,21+/m0/s1. The first-order chi connectivity index (χ1) is 10.9. The zero-order valence-electron chi connectivity index (χ0n) is 14.9. The van der Waals surface area contributed by atoms with Gasteiger partial charge in [-0.15, -0.1) is 0 Å². The Morgan fingerprint density at radius 2 is 1.96 bits per heavy atom. The van der Waals surface area contributed by atoms with Crippen LogP contribution in [0.4, 0.5) is 0 Å². The molecule has 0 aliphatic heterocycles. The normalized spacial score (nSPS) is 49.0. The molecule has 0 heterocycles. The van der Waals surface area contributed by atoms with Crippen LogP contribution in [0.15, 0.2) is 11.6 Å². The van der Waals surface area contributed by atoms with Gasteiger partial charge >= 0.3 is 0 Å². The Morgan fingerprint density at radius 1 is 1.17 bits per heavy atom. The average molecular weight is 314 g/mol. The number of Topliss-reactive ketones (excluding diaryl/α,β-unsaturated/α-hetero) is 2. The van der Waals surface area contributed by atoms with Crippen LogP contribution in [0, 0.1) is 34.5 Å².